The van der Waals surface area contributed by atoms with Crippen molar-refractivity contribution in [1.82, 2.24) is 5.32 Å². The smallest absolute Gasteiger partial charge is 0.224 e. The molecule has 0 aliphatic heterocycles. The molecule has 106 valence electrons. The number of benzene rings is 1. The number of furan rings is 1. The van der Waals surface area contributed by atoms with Gasteiger partial charge in [-0.15, -0.1) is 0 Å². The molecule has 1 aromatic heterocycles. The van der Waals surface area contributed by atoms with Crippen LogP contribution in [-0.2, 0) is 17.8 Å². The van der Waals surface area contributed by atoms with Gasteiger partial charge < -0.3 is 9.73 Å². The van der Waals surface area contributed by atoms with Crippen molar-refractivity contribution in [2.24, 2.45) is 0 Å². The Bertz CT molecular complexity index is 617. The second kappa shape index (κ2) is 6.09. The average Bonchev–Trinajstić information content (AvgIpc) is 2.70. The van der Waals surface area contributed by atoms with E-state index in [2.05, 4.69) is 5.32 Å². The molecule has 0 aliphatic rings. The van der Waals surface area contributed by atoms with E-state index in [-0.39, 0.29) is 22.9 Å². The molecule has 3 nitrogen and oxygen atoms in total. The zero-order valence-corrected chi connectivity index (χ0v) is 12.1. The Morgan fingerprint density at radius 2 is 2.15 bits per heavy atom. The van der Waals surface area contributed by atoms with Crippen molar-refractivity contribution in [2.45, 2.75) is 26.8 Å². The van der Waals surface area contributed by atoms with Crippen LogP contribution in [0.3, 0.4) is 0 Å². The SMILES string of the molecule is Cc1cc(CNC(=O)Cc2c(F)cccc2Cl)c(C)o1. The summed E-state index contributed by atoms with van der Waals surface area (Å²) in [6, 6.07) is 6.23. The molecule has 0 bridgehead atoms. The molecular formula is C15H15ClFNO2. The van der Waals surface area contributed by atoms with Crippen molar-refractivity contribution in [3.05, 3.63) is 57.8 Å². The Morgan fingerprint density at radius 1 is 1.40 bits per heavy atom. The maximum atomic E-state index is 13.6. The van der Waals surface area contributed by atoms with E-state index < -0.39 is 5.82 Å². The largest absolute Gasteiger partial charge is 0.466 e. The molecule has 2 aromatic rings. The fourth-order valence-corrected chi connectivity index (χ4v) is 2.21. The maximum absolute atomic E-state index is 13.6. The molecular weight excluding hydrogens is 281 g/mol. The highest BCUT2D eigenvalue weighted by atomic mass is 35.5. The first-order valence-electron chi connectivity index (χ1n) is 6.23. The first-order chi connectivity index (χ1) is 9.47. The molecule has 0 fully saturated rings. The lowest BCUT2D eigenvalue weighted by molar-refractivity contribution is -0.120. The van der Waals surface area contributed by atoms with E-state index in [9.17, 15) is 9.18 Å². The van der Waals surface area contributed by atoms with E-state index in [0.717, 1.165) is 17.1 Å². The highest BCUT2D eigenvalue weighted by molar-refractivity contribution is 6.31. The molecule has 0 spiro atoms. The van der Waals surface area contributed by atoms with Crippen LogP contribution >= 0.6 is 11.6 Å². The van der Waals surface area contributed by atoms with Gasteiger partial charge in [0.25, 0.3) is 0 Å². The molecule has 2 rings (SSSR count). The van der Waals surface area contributed by atoms with Gasteiger partial charge in [0.1, 0.15) is 17.3 Å². The van der Waals surface area contributed by atoms with Crippen molar-refractivity contribution < 1.29 is 13.6 Å². The van der Waals surface area contributed by atoms with E-state index >= 15 is 0 Å². The third-order valence-electron chi connectivity index (χ3n) is 3.02. The minimum absolute atomic E-state index is 0.0820. The summed E-state index contributed by atoms with van der Waals surface area (Å²) in [7, 11) is 0. The molecule has 1 amide bonds. The highest BCUT2D eigenvalue weighted by Crippen LogP contribution is 2.19. The van der Waals surface area contributed by atoms with Crippen LogP contribution in [0.5, 0.6) is 0 Å². The average molecular weight is 296 g/mol. The summed E-state index contributed by atoms with van der Waals surface area (Å²) >= 11 is 5.88. The summed E-state index contributed by atoms with van der Waals surface area (Å²) in [5.41, 5.74) is 1.13. The monoisotopic (exact) mass is 295 g/mol. The predicted octanol–water partition coefficient (Wildman–Crippen LogP) is 3.55. The molecule has 20 heavy (non-hydrogen) atoms. The lowest BCUT2D eigenvalue weighted by atomic mass is 10.1. The van der Waals surface area contributed by atoms with Crippen molar-refractivity contribution in [3.8, 4) is 0 Å². The third-order valence-corrected chi connectivity index (χ3v) is 3.37. The number of halogens is 2. The van der Waals surface area contributed by atoms with Crippen LogP contribution < -0.4 is 5.32 Å². The molecule has 0 saturated heterocycles. The van der Waals surface area contributed by atoms with E-state index in [1.807, 2.05) is 19.9 Å². The topological polar surface area (TPSA) is 42.2 Å². The molecule has 0 atom stereocenters. The molecule has 1 heterocycles. The zero-order valence-electron chi connectivity index (χ0n) is 11.3. The number of amides is 1. The summed E-state index contributed by atoms with van der Waals surface area (Å²) in [6.45, 7) is 4.04. The van der Waals surface area contributed by atoms with Crippen LogP contribution in [0.1, 0.15) is 22.6 Å². The zero-order chi connectivity index (χ0) is 14.7. The number of nitrogens with one attached hydrogen (secondary N) is 1. The molecule has 0 aliphatic carbocycles. The van der Waals surface area contributed by atoms with Crippen LogP contribution in [0.4, 0.5) is 4.39 Å². The Morgan fingerprint density at radius 3 is 2.75 bits per heavy atom. The summed E-state index contributed by atoms with van der Waals surface area (Å²) < 4.78 is 18.9. The van der Waals surface area contributed by atoms with Crippen molar-refractivity contribution in [1.29, 1.82) is 0 Å². The molecule has 1 N–H and O–H groups in total. The van der Waals surface area contributed by atoms with Gasteiger partial charge in [0.05, 0.1) is 6.42 Å². The minimum atomic E-state index is -0.469. The van der Waals surface area contributed by atoms with E-state index in [4.69, 9.17) is 16.0 Å². The van der Waals surface area contributed by atoms with Gasteiger partial charge in [-0.25, -0.2) is 4.39 Å². The Hall–Kier alpha value is -1.81. The maximum Gasteiger partial charge on any atom is 0.224 e. The summed E-state index contributed by atoms with van der Waals surface area (Å²) in [6.07, 6.45) is -0.0820. The van der Waals surface area contributed by atoms with Crippen LogP contribution in [0.2, 0.25) is 5.02 Å². The van der Waals surface area contributed by atoms with Gasteiger partial charge in [-0.3, -0.25) is 4.79 Å². The minimum Gasteiger partial charge on any atom is -0.466 e. The quantitative estimate of drug-likeness (QED) is 0.937. The van der Waals surface area contributed by atoms with Crippen LogP contribution in [0, 0.1) is 19.7 Å². The fraction of sp³-hybridized carbons (Fsp3) is 0.267. The highest BCUT2D eigenvalue weighted by Gasteiger charge is 2.12. The third kappa shape index (κ3) is 3.39. The normalized spacial score (nSPS) is 10.6. The fourth-order valence-electron chi connectivity index (χ4n) is 1.98. The number of carbonyl (C=O) groups is 1. The number of rotatable bonds is 4. The second-order valence-electron chi connectivity index (χ2n) is 4.59. The van der Waals surface area contributed by atoms with Crippen molar-refractivity contribution in [3.63, 3.8) is 0 Å². The Balaban J connectivity index is 1.98. The number of carbonyl (C=O) groups excluding carboxylic acids is 1. The summed E-state index contributed by atoms with van der Waals surface area (Å²) in [4.78, 5) is 11.8. The first kappa shape index (κ1) is 14.6. The van der Waals surface area contributed by atoms with E-state index in [0.29, 0.717) is 6.54 Å². The first-order valence-corrected chi connectivity index (χ1v) is 6.60. The summed E-state index contributed by atoms with van der Waals surface area (Å²) in [5.74, 6) is 0.814. The molecule has 1 aromatic carbocycles. The van der Waals surface area contributed by atoms with E-state index in [1.54, 1.807) is 6.07 Å². The van der Waals surface area contributed by atoms with Gasteiger partial charge in [0, 0.05) is 22.7 Å². The van der Waals surface area contributed by atoms with Crippen molar-refractivity contribution in [2.75, 3.05) is 0 Å². The lowest BCUT2D eigenvalue weighted by Gasteiger charge is -2.07. The number of hydrogen-bond acceptors (Lipinski definition) is 2. The lowest BCUT2D eigenvalue weighted by Crippen LogP contribution is -2.25. The van der Waals surface area contributed by atoms with Crippen LogP contribution in [0.15, 0.2) is 28.7 Å². The van der Waals surface area contributed by atoms with Gasteiger partial charge in [-0.1, -0.05) is 17.7 Å². The van der Waals surface area contributed by atoms with Crippen molar-refractivity contribution >= 4 is 17.5 Å². The second-order valence-corrected chi connectivity index (χ2v) is 5.00. The van der Waals surface area contributed by atoms with Gasteiger partial charge in [0.15, 0.2) is 0 Å². The Labute approximate surface area is 121 Å². The molecule has 0 unspecified atom stereocenters. The molecule has 0 radical (unpaired) electrons. The summed E-state index contributed by atoms with van der Waals surface area (Å²) in [5, 5.41) is 2.99. The van der Waals surface area contributed by atoms with Crippen LogP contribution in [-0.4, -0.2) is 5.91 Å². The Kier molecular flexibility index (Phi) is 4.45. The number of hydrogen-bond donors (Lipinski definition) is 1. The predicted molar refractivity (Wildman–Crippen MR) is 75.1 cm³/mol. The van der Waals surface area contributed by atoms with Gasteiger partial charge in [-0.2, -0.15) is 0 Å². The standard InChI is InChI=1S/C15H15ClFNO2/c1-9-6-11(10(2)20-9)8-18-15(19)7-12-13(16)4-3-5-14(12)17/h3-6H,7-8H2,1-2H3,(H,18,19). The van der Waals surface area contributed by atoms with Crippen LogP contribution in [0.25, 0.3) is 0 Å². The number of aryl methyl sites for hydroxylation is 2. The van der Waals surface area contributed by atoms with Gasteiger partial charge in [0.2, 0.25) is 5.91 Å². The van der Waals surface area contributed by atoms with Gasteiger partial charge in [-0.05, 0) is 32.0 Å². The van der Waals surface area contributed by atoms with Gasteiger partial charge >= 0.3 is 0 Å². The molecule has 5 heteroatoms. The van der Waals surface area contributed by atoms with E-state index in [1.165, 1.54) is 12.1 Å². The molecule has 0 saturated carbocycles.